The molecule has 0 saturated heterocycles. The average molecular weight is 302 g/mol. The van der Waals surface area contributed by atoms with E-state index in [0.29, 0.717) is 24.3 Å². The van der Waals surface area contributed by atoms with Crippen LogP contribution in [-0.4, -0.2) is 37.7 Å². The highest BCUT2D eigenvalue weighted by atomic mass is 35.5. The molecular weight excluding hydrogens is 283 g/mol. The minimum absolute atomic E-state index is 0.0473. The molecule has 0 aromatic rings. The van der Waals surface area contributed by atoms with Gasteiger partial charge in [0.15, 0.2) is 0 Å². The lowest BCUT2D eigenvalue weighted by Crippen LogP contribution is -2.32. The van der Waals surface area contributed by atoms with Gasteiger partial charge in [-0.25, -0.2) is 0 Å². The molecule has 19 heavy (non-hydrogen) atoms. The minimum atomic E-state index is -4.34. The standard InChI is InChI=1S/C12H19ClF3NO2/c13-6-9-2-1-3-10(9)7-17-11(18)4-5-19-8-12(14,15)16/h9-10H,1-8H2,(H,17,18). The third kappa shape index (κ3) is 7.01. The summed E-state index contributed by atoms with van der Waals surface area (Å²) in [6.45, 7) is -0.971. The van der Waals surface area contributed by atoms with E-state index in [4.69, 9.17) is 11.6 Å². The summed E-state index contributed by atoms with van der Waals surface area (Å²) >= 11 is 5.82. The first kappa shape index (κ1) is 16.6. The molecule has 1 rings (SSSR count). The van der Waals surface area contributed by atoms with Gasteiger partial charge in [-0.1, -0.05) is 6.42 Å². The molecule has 0 aromatic carbocycles. The maximum Gasteiger partial charge on any atom is 0.411 e. The molecule has 0 heterocycles. The fourth-order valence-electron chi connectivity index (χ4n) is 2.27. The van der Waals surface area contributed by atoms with Crippen LogP contribution in [0.5, 0.6) is 0 Å². The molecule has 0 bridgehead atoms. The van der Waals surface area contributed by atoms with Crippen LogP contribution in [0.1, 0.15) is 25.7 Å². The van der Waals surface area contributed by atoms with Crippen LogP contribution in [-0.2, 0) is 9.53 Å². The van der Waals surface area contributed by atoms with Crippen molar-refractivity contribution in [3.63, 3.8) is 0 Å². The maximum absolute atomic E-state index is 11.8. The van der Waals surface area contributed by atoms with E-state index in [1.807, 2.05) is 0 Å². The van der Waals surface area contributed by atoms with Gasteiger partial charge in [0.2, 0.25) is 5.91 Å². The predicted octanol–water partition coefficient (Wildman–Crippen LogP) is 2.73. The van der Waals surface area contributed by atoms with Gasteiger partial charge >= 0.3 is 6.18 Å². The molecule has 0 aliphatic heterocycles. The molecule has 1 amide bonds. The highest BCUT2D eigenvalue weighted by molar-refractivity contribution is 6.18. The van der Waals surface area contributed by atoms with Gasteiger partial charge in [0.1, 0.15) is 6.61 Å². The first-order chi connectivity index (χ1) is 8.92. The van der Waals surface area contributed by atoms with Crippen molar-refractivity contribution in [3.8, 4) is 0 Å². The quantitative estimate of drug-likeness (QED) is 0.580. The van der Waals surface area contributed by atoms with E-state index in [0.717, 1.165) is 19.3 Å². The van der Waals surface area contributed by atoms with Crippen molar-refractivity contribution >= 4 is 17.5 Å². The third-order valence-corrected chi connectivity index (χ3v) is 3.71. The Morgan fingerprint density at radius 2 is 2.00 bits per heavy atom. The van der Waals surface area contributed by atoms with Crippen molar-refractivity contribution in [2.75, 3.05) is 25.6 Å². The first-order valence-electron chi connectivity index (χ1n) is 6.39. The lowest BCUT2D eigenvalue weighted by molar-refractivity contribution is -0.174. The van der Waals surface area contributed by atoms with Gasteiger partial charge in [0.05, 0.1) is 6.61 Å². The van der Waals surface area contributed by atoms with Crippen LogP contribution in [0.3, 0.4) is 0 Å². The number of hydrogen-bond acceptors (Lipinski definition) is 2. The van der Waals surface area contributed by atoms with Crippen LogP contribution < -0.4 is 5.32 Å². The molecule has 1 aliphatic rings. The normalized spacial score (nSPS) is 23.6. The summed E-state index contributed by atoms with van der Waals surface area (Å²) in [7, 11) is 0. The molecule has 1 aliphatic carbocycles. The summed E-state index contributed by atoms with van der Waals surface area (Å²) in [5.74, 6) is 1.14. The molecule has 1 N–H and O–H groups in total. The topological polar surface area (TPSA) is 38.3 Å². The molecule has 2 unspecified atom stereocenters. The van der Waals surface area contributed by atoms with Crippen molar-refractivity contribution in [1.82, 2.24) is 5.32 Å². The lowest BCUT2D eigenvalue weighted by atomic mass is 9.98. The van der Waals surface area contributed by atoms with Gasteiger partial charge < -0.3 is 10.1 Å². The molecule has 0 radical (unpaired) electrons. The maximum atomic E-state index is 11.8. The monoisotopic (exact) mass is 301 g/mol. The molecule has 1 fully saturated rings. The second kappa shape index (κ2) is 7.94. The summed E-state index contributed by atoms with van der Waals surface area (Å²) in [5, 5.41) is 2.73. The van der Waals surface area contributed by atoms with E-state index >= 15 is 0 Å². The summed E-state index contributed by atoms with van der Waals surface area (Å²) in [6, 6.07) is 0. The number of carbonyl (C=O) groups excluding carboxylic acids is 1. The van der Waals surface area contributed by atoms with Crippen LogP contribution in [0.4, 0.5) is 13.2 Å². The van der Waals surface area contributed by atoms with E-state index in [2.05, 4.69) is 10.1 Å². The van der Waals surface area contributed by atoms with Gasteiger partial charge in [-0.3, -0.25) is 4.79 Å². The van der Waals surface area contributed by atoms with Gasteiger partial charge in [-0.15, -0.1) is 11.6 Å². The Morgan fingerprint density at radius 3 is 2.63 bits per heavy atom. The number of nitrogens with one attached hydrogen (secondary N) is 1. The number of amides is 1. The number of carbonyl (C=O) groups is 1. The first-order valence-corrected chi connectivity index (χ1v) is 6.93. The zero-order chi connectivity index (χ0) is 14.3. The molecule has 112 valence electrons. The summed E-state index contributed by atoms with van der Waals surface area (Å²) in [4.78, 5) is 11.4. The molecule has 1 saturated carbocycles. The lowest BCUT2D eigenvalue weighted by Gasteiger charge is -2.17. The molecule has 3 nitrogen and oxygen atoms in total. The highest BCUT2D eigenvalue weighted by Gasteiger charge is 2.28. The van der Waals surface area contributed by atoms with Crippen LogP contribution in [0, 0.1) is 11.8 Å². The number of hydrogen-bond donors (Lipinski definition) is 1. The molecule has 2 atom stereocenters. The Morgan fingerprint density at radius 1 is 1.32 bits per heavy atom. The van der Waals surface area contributed by atoms with Crippen molar-refractivity contribution in [2.45, 2.75) is 31.9 Å². The minimum Gasteiger partial charge on any atom is -0.372 e. The Balaban J connectivity index is 2.08. The van der Waals surface area contributed by atoms with Gasteiger partial charge in [0, 0.05) is 18.8 Å². The van der Waals surface area contributed by atoms with E-state index in [1.54, 1.807) is 0 Å². The van der Waals surface area contributed by atoms with Crippen LogP contribution in [0.15, 0.2) is 0 Å². The zero-order valence-corrected chi connectivity index (χ0v) is 11.4. The van der Waals surface area contributed by atoms with Gasteiger partial charge in [0.25, 0.3) is 0 Å². The Hall–Kier alpha value is -0.490. The Kier molecular flexibility index (Phi) is 6.93. The number of alkyl halides is 4. The Labute approximate surface area is 115 Å². The summed E-state index contributed by atoms with van der Waals surface area (Å²) < 4.78 is 39.7. The van der Waals surface area contributed by atoms with E-state index < -0.39 is 12.8 Å². The number of rotatable bonds is 7. The fourth-order valence-corrected chi connectivity index (χ4v) is 2.68. The van der Waals surface area contributed by atoms with Crippen LogP contribution in [0.25, 0.3) is 0 Å². The smallest absolute Gasteiger partial charge is 0.372 e. The third-order valence-electron chi connectivity index (χ3n) is 3.32. The van der Waals surface area contributed by atoms with E-state index in [9.17, 15) is 18.0 Å². The molecule has 0 aromatic heterocycles. The fraction of sp³-hybridized carbons (Fsp3) is 0.917. The van der Waals surface area contributed by atoms with Crippen molar-refractivity contribution < 1.29 is 22.7 Å². The van der Waals surface area contributed by atoms with Crippen molar-refractivity contribution in [3.05, 3.63) is 0 Å². The summed E-state index contributed by atoms with van der Waals surface area (Å²) in [5.41, 5.74) is 0. The van der Waals surface area contributed by atoms with Crippen LogP contribution in [0.2, 0.25) is 0 Å². The summed E-state index contributed by atoms with van der Waals surface area (Å²) in [6.07, 6.45) is -1.14. The zero-order valence-electron chi connectivity index (χ0n) is 10.6. The van der Waals surface area contributed by atoms with Crippen LogP contribution >= 0.6 is 11.6 Å². The number of ether oxygens (including phenoxy) is 1. The van der Waals surface area contributed by atoms with Gasteiger partial charge in [-0.05, 0) is 24.7 Å². The SMILES string of the molecule is O=C(CCOCC(F)(F)F)NCC1CCCC1CCl. The van der Waals surface area contributed by atoms with E-state index in [-0.39, 0.29) is 18.9 Å². The molecule has 0 spiro atoms. The van der Waals surface area contributed by atoms with Crippen molar-refractivity contribution in [2.24, 2.45) is 11.8 Å². The second-order valence-electron chi connectivity index (χ2n) is 4.83. The highest BCUT2D eigenvalue weighted by Crippen LogP contribution is 2.31. The molecule has 7 heteroatoms. The van der Waals surface area contributed by atoms with E-state index in [1.165, 1.54) is 0 Å². The Bertz CT molecular complexity index is 287. The predicted molar refractivity (Wildman–Crippen MR) is 66.1 cm³/mol. The second-order valence-corrected chi connectivity index (χ2v) is 5.14. The molecular formula is C12H19ClF3NO2. The largest absolute Gasteiger partial charge is 0.411 e. The number of halogens is 4. The van der Waals surface area contributed by atoms with Crippen molar-refractivity contribution in [1.29, 1.82) is 0 Å². The average Bonchev–Trinajstić information content (AvgIpc) is 2.78. The van der Waals surface area contributed by atoms with Gasteiger partial charge in [-0.2, -0.15) is 13.2 Å².